The molecule has 2 aromatic heterocycles. The second kappa shape index (κ2) is 7.44. The van der Waals surface area contributed by atoms with Gasteiger partial charge in [-0.25, -0.2) is 9.37 Å². The van der Waals surface area contributed by atoms with E-state index in [0.29, 0.717) is 11.5 Å². The molecule has 1 N–H and O–H groups in total. The minimum Gasteiger partial charge on any atom is -0.342 e. The average Bonchev–Trinajstić information content (AvgIpc) is 3.32. The highest BCUT2D eigenvalue weighted by Crippen LogP contribution is 2.30. The number of likely N-dealkylation sites (tertiary alicyclic amines) is 1. The lowest BCUT2D eigenvalue weighted by Gasteiger charge is -2.31. The maximum Gasteiger partial charge on any atom is 0.132 e. The Hall–Kier alpha value is -2.99. The predicted molar refractivity (Wildman–Crippen MR) is 112 cm³/mol. The maximum absolute atomic E-state index is 14.4. The van der Waals surface area contributed by atoms with Gasteiger partial charge in [0.05, 0.1) is 16.7 Å². The van der Waals surface area contributed by atoms with Gasteiger partial charge in [0.2, 0.25) is 0 Å². The largest absolute Gasteiger partial charge is 0.342 e. The Morgan fingerprint density at radius 3 is 2.83 bits per heavy atom. The quantitative estimate of drug-likeness (QED) is 0.560. The van der Waals surface area contributed by atoms with E-state index in [4.69, 9.17) is 4.98 Å². The molecule has 0 radical (unpaired) electrons. The number of nitrogens with one attached hydrogen (secondary N) is 1. The Balaban J connectivity index is 1.38. The zero-order valence-electron chi connectivity index (χ0n) is 16.5. The average molecular weight is 389 g/mol. The minimum absolute atomic E-state index is 0.230. The second-order valence-corrected chi connectivity index (χ2v) is 7.87. The van der Waals surface area contributed by atoms with Crippen LogP contribution in [0.15, 0.2) is 54.7 Å². The maximum atomic E-state index is 14.4. The zero-order chi connectivity index (χ0) is 19.8. The van der Waals surface area contributed by atoms with Gasteiger partial charge in [-0.1, -0.05) is 24.3 Å². The summed E-state index contributed by atoms with van der Waals surface area (Å²) in [5, 5.41) is 4.54. The highest BCUT2D eigenvalue weighted by molar-refractivity contribution is 5.74. The van der Waals surface area contributed by atoms with E-state index in [2.05, 4.69) is 21.0 Å². The van der Waals surface area contributed by atoms with Crippen LogP contribution in [0.3, 0.4) is 0 Å². The monoisotopic (exact) mass is 389 g/mol. The van der Waals surface area contributed by atoms with Crippen LogP contribution in [-0.4, -0.2) is 37.7 Å². The van der Waals surface area contributed by atoms with Crippen molar-refractivity contribution in [3.8, 4) is 11.3 Å². The third-order valence-electron chi connectivity index (χ3n) is 5.73. The summed E-state index contributed by atoms with van der Waals surface area (Å²) in [7, 11) is 1.89. The molecule has 1 aliphatic heterocycles. The third kappa shape index (κ3) is 3.56. The van der Waals surface area contributed by atoms with E-state index in [-0.39, 0.29) is 5.82 Å². The number of fused-ring (bicyclic) bond motifs is 1. The van der Waals surface area contributed by atoms with E-state index in [1.807, 2.05) is 37.5 Å². The highest BCUT2D eigenvalue weighted by Gasteiger charge is 2.25. The fourth-order valence-corrected chi connectivity index (χ4v) is 4.36. The standard InChI is InChI=1S/C23H24FN5/c1-28-13-17(22(27-28)18-8-2-3-9-19(18)24)15-29-12-6-7-16(14-29)23-25-20-10-4-5-11-21(20)26-23/h2-5,8-11,13,16H,6-7,12,14-15H2,1H3,(H,25,26). The van der Waals surface area contributed by atoms with Crippen molar-refractivity contribution in [2.24, 2.45) is 7.05 Å². The molecule has 4 aromatic rings. The van der Waals surface area contributed by atoms with Gasteiger partial charge >= 0.3 is 0 Å². The molecule has 2 aromatic carbocycles. The molecule has 0 amide bonds. The number of rotatable bonds is 4. The first kappa shape index (κ1) is 18.1. The summed E-state index contributed by atoms with van der Waals surface area (Å²) in [5.41, 5.74) is 4.47. The molecule has 0 saturated carbocycles. The number of nitrogens with zero attached hydrogens (tertiary/aromatic N) is 4. The SMILES string of the molecule is Cn1cc(CN2CCCC(c3nc4ccccc4[nH]3)C2)c(-c2ccccc2F)n1. The molecule has 1 saturated heterocycles. The lowest BCUT2D eigenvalue weighted by Crippen LogP contribution is -2.34. The number of benzene rings is 2. The topological polar surface area (TPSA) is 49.7 Å². The van der Waals surface area contributed by atoms with Crippen LogP contribution in [0, 0.1) is 5.82 Å². The molecule has 1 fully saturated rings. The second-order valence-electron chi connectivity index (χ2n) is 7.87. The Bertz CT molecular complexity index is 1110. The van der Waals surface area contributed by atoms with E-state index in [1.165, 1.54) is 6.07 Å². The van der Waals surface area contributed by atoms with Crippen molar-refractivity contribution in [1.82, 2.24) is 24.6 Å². The van der Waals surface area contributed by atoms with Crippen molar-refractivity contribution in [1.29, 1.82) is 0 Å². The van der Waals surface area contributed by atoms with Gasteiger partial charge in [-0.05, 0) is 43.7 Å². The van der Waals surface area contributed by atoms with Crippen molar-refractivity contribution in [3.63, 3.8) is 0 Å². The fraction of sp³-hybridized carbons (Fsp3) is 0.304. The van der Waals surface area contributed by atoms with Gasteiger partial charge < -0.3 is 4.98 Å². The van der Waals surface area contributed by atoms with Gasteiger partial charge in [-0.2, -0.15) is 5.10 Å². The summed E-state index contributed by atoms with van der Waals surface area (Å²) >= 11 is 0. The summed E-state index contributed by atoms with van der Waals surface area (Å²) in [6.45, 7) is 2.72. The number of H-pyrrole nitrogens is 1. The number of halogens is 1. The minimum atomic E-state index is -0.230. The Morgan fingerprint density at radius 2 is 1.97 bits per heavy atom. The molecule has 1 atom stereocenters. The van der Waals surface area contributed by atoms with Gasteiger partial charge in [0.25, 0.3) is 0 Å². The van der Waals surface area contributed by atoms with Gasteiger partial charge in [0.1, 0.15) is 11.6 Å². The Labute approximate surface area is 169 Å². The van der Waals surface area contributed by atoms with Gasteiger partial charge in [-0.3, -0.25) is 9.58 Å². The third-order valence-corrected chi connectivity index (χ3v) is 5.73. The normalized spacial score (nSPS) is 17.8. The Morgan fingerprint density at radius 1 is 1.14 bits per heavy atom. The summed E-state index contributed by atoms with van der Waals surface area (Å²) in [4.78, 5) is 10.7. The van der Waals surface area contributed by atoms with E-state index < -0.39 is 0 Å². The first-order chi connectivity index (χ1) is 14.2. The summed E-state index contributed by atoms with van der Waals surface area (Å²) < 4.78 is 16.1. The molecule has 1 aliphatic rings. The molecule has 29 heavy (non-hydrogen) atoms. The predicted octanol–water partition coefficient (Wildman–Crippen LogP) is 4.48. The van der Waals surface area contributed by atoms with Crippen LogP contribution in [0.25, 0.3) is 22.3 Å². The molecule has 0 aliphatic carbocycles. The molecule has 148 valence electrons. The number of aromatic amines is 1. The first-order valence-electron chi connectivity index (χ1n) is 10.1. The number of piperidine rings is 1. The van der Waals surface area contributed by atoms with Crippen LogP contribution in [-0.2, 0) is 13.6 Å². The van der Waals surface area contributed by atoms with Crippen molar-refractivity contribution >= 4 is 11.0 Å². The lowest BCUT2D eigenvalue weighted by molar-refractivity contribution is 0.197. The number of aryl methyl sites for hydroxylation is 1. The summed E-state index contributed by atoms with van der Waals surface area (Å²) in [5.74, 6) is 1.22. The number of para-hydroxylation sites is 2. The van der Waals surface area contributed by atoms with Crippen LogP contribution < -0.4 is 0 Å². The molecule has 6 heteroatoms. The van der Waals surface area contributed by atoms with Crippen LogP contribution in [0.4, 0.5) is 4.39 Å². The number of imidazole rings is 1. The van der Waals surface area contributed by atoms with Crippen LogP contribution in [0.2, 0.25) is 0 Å². The van der Waals surface area contributed by atoms with E-state index in [0.717, 1.165) is 60.6 Å². The zero-order valence-corrected chi connectivity index (χ0v) is 16.5. The van der Waals surface area contributed by atoms with E-state index >= 15 is 0 Å². The van der Waals surface area contributed by atoms with Crippen LogP contribution in [0.1, 0.15) is 30.1 Å². The van der Waals surface area contributed by atoms with Gasteiger partial charge in [0, 0.05) is 43.4 Å². The molecule has 1 unspecified atom stereocenters. The van der Waals surface area contributed by atoms with Gasteiger partial charge in [-0.15, -0.1) is 0 Å². The molecule has 5 rings (SSSR count). The van der Waals surface area contributed by atoms with Crippen molar-refractivity contribution in [3.05, 3.63) is 71.9 Å². The van der Waals surface area contributed by atoms with Crippen molar-refractivity contribution in [2.45, 2.75) is 25.3 Å². The smallest absolute Gasteiger partial charge is 0.132 e. The number of hydrogen-bond donors (Lipinski definition) is 1. The van der Waals surface area contributed by atoms with E-state index in [9.17, 15) is 4.39 Å². The molecule has 0 spiro atoms. The van der Waals surface area contributed by atoms with Crippen LogP contribution in [0.5, 0.6) is 0 Å². The number of hydrogen-bond acceptors (Lipinski definition) is 3. The summed E-state index contributed by atoms with van der Waals surface area (Å²) in [6.07, 6.45) is 4.26. The molecule has 3 heterocycles. The molecule has 0 bridgehead atoms. The van der Waals surface area contributed by atoms with E-state index in [1.54, 1.807) is 16.8 Å². The lowest BCUT2D eigenvalue weighted by atomic mass is 9.96. The van der Waals surface area contributed by atoms with Crippen molar-refractivity contribution < 1.29 is 4.39 Å². The number of aromatic nitrogens is 4. The van der Waals surface area contributed by atoms with Crippen LogP contribution >= 0.6 is 0 Å². The molecular formula is C23H24FN5. The van der Waals surface area contributed by atoms with Gasteiger partial charge in [0.15, 0.2) is 0 Å². The van der Waals surface area contributed by atoms with Crippen molar-refractivity contribution in [2.75, 3.05) is 13.1 Å². The Kier molecular flexibility index (Phi) is 4.64. The summed E-state index contributed by atoms with van der Waals surface area (Å²) in [6, 6.07) is 15.0. The highest BCUT2D eigenvalue weighted by atomic mass is 19.1. The fourth-order valence-electron chi connectivity index (χ4n) is 4.36. The molecule has 5 nitrogen and oxygen atoms in total. The molecular weight excluding hydrogens is 365 g/mol. The first-order valence-corrected chi connectivity index (χ1v) is 10.1.